The molecule has 0 aliphatic carbocycles. The summed E-state index contributed by atoms with van der Waals surface area (Å²) in [5.74, 6) is -0.928. The molecule has 0 saturated carbocycles. The Bertz CT molecular complexity index is 1540. The van der Waals surface area contributed by atoms with Gasteiger partial charge < -0.3 is 14.2 Å². The highest BCUT2D eigenvalue weighted by Crippen LogP contribution is 2.14. The van der Waals surface area contributed by atoms with Crippen molar-refractivity contribution in [3.05, 3.63) is 122 Å². The van der Waals surface area contributed by atoms with Gasteiger partial charge in [-0.1, -0.05) is 239 Å². The Morgan fingerprint density at radius 1 is 0.288 bits per heavy atom. The molecular formula is C67H110O6. The SMILES string of the molecule is CC/C=C\C/C=C\C/C=C\C/C=C\C/C=C\C/C=C\CCCCCCCCCCC(=O)OCC(COC(=O)CCCCCCC/C=C\CCCCCC)OC(=O)CCCCCCC/C=C\C/C=C\C/C=C\CC. The number of allylic oxidation sites excluding steroid dienone is 20. The van der Waals surface area contributed by atoms with Gasteiger partial charge in [-0.05, 0) is 128 Å². The Labute approximate surface area is 450 Å². The topological polar surface area (TPSA) is 78.9 Å². The Balaban J connectivity index is 4.35. The molecular weight excluding hydrogens is 901 g/mol. The second kappa shape index (κ2) is 60.4. The van der Waals surface area contributed by atoms with E-state index in [9.17, 15) is 14.4 Å². The van der Waals surface area contributed by atoms with E-state index >= 15 is 0 Å². The number of esters is 3. The Morgan fingerprint density at radius 3 is 0.849 bits per heavy atom. The van der Waals surface area contributed by atoms with Gasteiger partial charge in [-0.25, -0.2) is 0 Å². The average Bonchev–Trinajstić information content (AvgIpc) is 3.39. The van der Waals surface area contributed by atoms with Gasteiger partial charge in [0.25, 0.3) is 0 Å². The van der Waals surface area contributed by atoms with E-state index in [0.29, 0.717) is 19.3 Å². The fourth-order valence-corrected chi connectivity index (χ4v) is 7.98. The number of hydrogen-bond donors (Lipinski definition) is 0. The molecule has 1 atom stereocenters. The summed E-state index contributed by atoms with van der Waals surface area (Å²) in [5, 5.41) is 0. The largest absolute Gasteiger partial charge is 0.462 e. The lowest BCUT2D eigenvalue weighted by molar-refractivity contribution is -0.167. The molecule has 0 aromatic rings. The summed E-state index contributed by atoms with van der Waals surface area (Å²) >= 11 is 0. The summed E-state index contributed by atoms with van der Waals surface area (Å²) < 4.78 is 16.9. The second-order valence-corrected chi connectivity index (χ2v) is 19.5. The first-order valence-corrected chi connectivity index (χ1v) is 30.0. The van der Waals surface area contributed by atoms with Crippen molar-refractivity contribution in [1.29, 1.82) is 0 Å². The molecule has 0 rings (SSSR count). The first-order valence-electron chi connectivity index (χ1n) is 30.0. The zero-order valence-corrected chi connectivity index (χ0v) is 47.4. The van der Waals surface area contributed by atoms with Crippen molar-refractivity contribution in [2.24, 2.45) is 0 Å². The van der Waals surface area contributed by atoms with E-state index in [-0.39, 0.29) is 31.1 Å². The van der Waals surface area contributed by atoms with Gasteiger partial charge >= 0.3 is 17.9 Å². The molecule has 0 N–H and O–H groups in total. The Hall–Kier alpha value is -4.19. The van der Waals surface area contributed by atoms with Crippen molar-refractivity contribution in [2.45, 2.75) is 271 Å². The van der Waals surface area contributed by atoms with E-state index in [1.165, 1.54) is 77.0 Å². The third-order valence-corrected chi connectivity index (χ3v) is 12.4. The zero-order chi connectivity index (χ0) is 52.9. The summed E-state index contributed by atoms with van der Waals surface area (Å²) in [6.07, 6.45) is 83.4. The van der Waals surface area contributed by atoms with Crippen LogP contribution in [0.15, 0.2) is 122 Å². The van der Waals surface area contributed by atoms with E-state index in [1.54, 1.807) is 0 Å². The van der Waals surface area contributed by atoms with Crippen LogP contribution < -0.4 is 0 Å². The summed E-state index contributed by atoms with van der Waals surface area (Å²) in [6.45, 7) is 6.37. The van der Waals surface area contributed by atoms with E-state index in [1.807, 2.05) is 0 Å². The van der Waals surface area contributed by atoms with Gasteiger partial charge in [0, 0.05) is 19.3 Å². The van der Waals surface area contributed by atoms with Crippen LogP contribution in [0.1, 0.15) is 265 Å². The second-order valence-electron chi connectivity index (χ2n) is 19.5. The molecule has 0 heterocycles. The van der Waals surface area contributed by atoms with Crippen molar-refractivity contribution in [1.82, 2.24) is 0 Å². The molecule has 414 valence electrons. The van der Waals surface area contributed by atoms with Crippen LogP contribution in [0.3, 0.4) is 0 Å². The third-order valence-electron chi connectivity index (χ3n) is 12.4. The minimum atomic E-state index is -0.797. The lowest BCUT2D eigenvalue weighted by Crippen LogP contribution is -2.30. The lowest BCUT2D eigenvalue weighted by atomic mass is 10.1. The van der Waals surface area contributed by atoms with Gasteiger partial charge in [0.2, 0.25) is 0 Å². The van der Waals surface area contributed by atoms with E-state index in [2.05, 4.69) is 142 Å². The van der Waals surface area contributed by atoms with Gasteiger partial charge in [0.15, 0.2) is 6.10 Å². The molecule has 0 fully saturated rings. The van der Waals surface area contributed by atoms with Gasteiger partial charge in [0.1, 0.15) is 13.2 Å². The quantitative estimate of drug-likeness (QED) is 0.0261. The fourth-order valence-electron chi connectivity index (χ4n) is 7.98. The highest BCUT2D eigenvalue weighted by atomic mass is 16.6. The Kier molecular flexibility index (Phi) is 56.9. The van der Waals surface area contributed by atoms with E-state index < -0.39 is 6.10 Å². The van der Waals surface area contributed by atoms with Gasteiger partial charge in [-0.3, -0.25) is 14.4 Å². The van der Waals surface area contributed by atoms with Gasteiger partial charge in [-0.15, -0.1) is 0 Å². The van der Waals surface area contributed by atoms with Crippen molar-refractivity contribution in [3.63, 3.8) is 0 Å². The van der Waals surface area contributed by atoms with Crippen LogP contribution in [0.4, 0.5) is 0 Å². The van der Waals surface area contributed by atoms with Crippen molar-refractivity contribution in [2.75, 3.05) is 13.2 Å². The maximum atomic E-state index is 12.9. The summed E-state index contributed by atoms with van der Waals surface area (Å²) in [6, 6.07) is 0. The molecule has 0 saturated heterocycles. The van der Waals surface area contributed by atoms with Crippen LogP contribution in [-0.4, -0.2) is 37.2 Å². The first kappa shape index (κ1) is 68.8. The predicted octanol–water partition coefficient (Wildman–Crippen LogP) is 20.4. The normalized spacial score (nSPS) is 13.0. The van der Waals surface area contributed by atoms with Crippen molar-refractivity contribution < 1.29 is 28.6 Å². The van der Waals surface area contributed by atoms with Crippen molar-refractivity contribution in [3.8, 4) is 0 Å². The average molecular weight is 1010 g/mol. The van der Waals surface area contributed by atoms with Crippen LogP contribution in [0, 0.1) is 0 Å². The molecule has 0 aliphatic heterocycles. The molecule has 0 aliphatic rings. The molecule has 0 radical (unpaired) electrons. The fraction of sp³-hybridized carbons (Fsp3) is 0.657. The number of hydrogen-bond acceptors (Lipinski definition) is 6. The molecule has 0 aromatic carbocycles. The summed E-state index contributed by atoms with van der Waals surface area (Å²) in [4.78, 5) is 38.2. The molecule has 0 spiro atoms. The number of ether oxygens (including phenoxy) is 3. The molecule has 0 bridgehead atoms. The minimum absolute atomic E-state index is 0.0940. The number of rotatable bonds is 53. The third kappa shape index (κ3) is 58.6. The minimum Gasteiger partial charge on any atom is -0.462 e. The molecule has 1 unspecified atom stereocenters. The van der Waals surface area contributed by atoms with E-state index in [4.69, 9.17) is 14.2 Å². The number of unbranched alkanes of at least 4 members (excludes halogenated alkanes) is 22. The standard InChI is InChI=1S/C67H110O6/c1-4-7-10-13-16-19-22-25-27-28-29-30-31-32-33-34-35-36-37-38-40-42-45-48-51-54-57-60-66(69)72-63-64(62-71-65(68)59-56-53-50-47-44-41-24-21-18-15-12-9-6-3)73-67(70)61-58-55-52-49-46-43-39-26-23-20-17-14-11-8-5-2/h7-8,10-11,16-17,19-21,24-27,29-30,32-33,35-36,39,64H,4-6,9,12-15,18,22-23,28,31,34,37-38,40-63H2,1-3H3/b10-7-,11-8-,19-16-,20-17-,24-21-,27-25-,30-29-,33-32-,36-35-,39-26-. The lowest BCUT2D eigenvalue weighted by Gasteiger charge is -2.18. The van der Waals surface area contributed by atoms with Gasteiger partial charge in [-0.2, -0.15) is 0 Å². The maximum absolute atomic E-state index is 12.9. The molecule has 0 amide bonds. The zero-order valence-electron chi connectivity index (χ0n) is 47.4. The predicted molar refractivity (Wildman–Crippen MR) is 316 cm³/mol. The monoisotopic (exact) mass is 1010 g/mol. The number of carbonyl (C=O) groups excluding carboxylic acids is 3. The first-order chi connectivity index (χ1) is 36.0. The summed E-state index contributed by atoms with van der Waals surface area (Å²) in [5.41, 5.74) is 0. The Morgan fingerprint density at radius 2 is 0.534 bits per heavy atom. The van der Waals surface area contributed by atoms with Crippen LogP contribution in [-0.2, 0) is 28.6 Å². The molecule has 6 nitrogen and oxygen atoms in total. The van der Waals surface area contributed by atoms with Crippen LogP contribution in [0.2, 0.25) is 0 Å². The van der Waals surface area contributed by atoms with Crippen molar-refractivity contribution >= 4 is 17.9 Å². The van der Waals surface area contributed by atoms with Crippen LogP contribution >= 0.6 is 0 Å². The highest BCUT2D eigenvalue weighted by Gasteiger charge is 2.19. The smallest absolute Gasteiger partial charge is 0.306 e. The van der Waals surface area contributed by atoms with Crippen LogP contribution in [0.25, 0.3) is 0 Å². The highest BCUT2D eigenvalue weighted by molar-refractivity contribution is 5.71. The maximum Gasteiger partial charge on any atom is 0.306 e. The molecule has 6 heteroatoms. The number of carbonyl (C=O) groups is 3. The van der Waals surface area contributed by atoms with Gasteiger partial charge in [0.05, 0.1) is 0 Å². The molecule has 73 heavy (non-hydrogen) atoms. The molecule has 0 aromatic heterocycles. The van der Waals surface area contributed by atoms with E-state index in [0.717, 1.165) is 148 Å². The summed E-state index contributed by atoms with van der Waals surface area (Å²) in [7, 11) is 0. The van der Waals surface area contributed by atoms with Crippen LogP contribution in [0.5, 0.6) is 0 Å².